The highest BCUT2D eigenvalue weighted by Crippen LogP contribution is 2.21. The molecule has 0 unspecified atom stereocenters. The van der Waals surface area contributed by atoms with Gasteiger partial charge in [0.15, 0.2) is 0 Å². The summed E-state index contributed by atoms with van der Waals surface area (Å²) >= 11 is 6.88. The molecule has 1 heterocycles. The summed E-state index contributed by atoms with van der Waals surface area (Å²) < 4.78 is 5.49. The van der Waals surface area contributed by atoms with E-state index >= 15 is 0 Å². The van der Waals surface area contributed by atoms with Crippen molar-refractivity contribution in [2.24, 2.45) is 0 Å². The van der Waals surface area contributed by atoms with Gasteiger partial charge in [-0.3, -0.25) is 0 Å². The van der Waals surface area contributed by atoms with E-state index < -0.39 is 5.97 Å². The van der Waals surface area contributed by atoms with Crippen LogP contribution in [0.2, 0.25) is 5.02 Å². The molecule has 0 amide bonds. The molecule has 0 saturated carbocycles. The van der Waals surface area contributed by atoms with Crippen LogP contribution in [0.25, 0.3) is 0 Å². The number of ether oxygens (including phenoxy) is 1. The van der Waals surface area contributed by atoms with Crippen molar-refractivity contribution in [3.05, 3.63) is 44.9 Å². The van der Waals surface area contributed by atoms with Crippen LogP contribution in [-0.4, -0.2) is 16.1 Å². The third-order valence-corrected chi connectivity index (χ3v) is 3.58. The highest BCUT2D eigenvalue weighted by molar-refractivity contribution is 7.13. The molecule has 1 aromatic heterocycles. The Morgan fingerprint density at radius 3 is 2.67 bits per heavy atom. The van der Waals surface area contributed by atoms with Crippen molar-refractivity contribution >= 4 is 28.9 Å². The number of benzene rings is 1. The van der Waals surface area contributed by atoms with Crippen LogP contribution in [0.5, 0.6) is 5.75 Å². The number of rotatable bonds is 4. The number of thiazole rings is 1. The summed E-state index contributed by atoms with van der Waals surface area (Å²) in [6.45, 7) is 1.92. The number of aromatic nitrogens is 1. The SMILES string of the molecule is Cc1nc(COc2ccc(Cl)cc2)sc1C(=O)O. The summed E-state index contributed by atoms with van der Waals surface area (Å²) in [7, 11) is 0. The Morgan fingerprint density at radius 1 is 1.44 bits per heavy atom. The molecule has 2 rings (SSSR count). The van der Waals surface area contributed by atoms with Crippen LogP contribution in [0, 0.1) is 6.92 Å². The first-order valence-corrected chi connectivity index (χ1v) is 6.33. The standard InChI is InChI=1S/C12H10ClNO3S/c1-7-11(12(15)16)18-10(14-7)6-17-9-4-2-8(13)3-5-9/h2-5H,6H2,1H3,(H,15,16). The van der Waals surface area contributed by atoms with Crippen molar-refractivity contribution in [3.63, 3.8) is 0 Å². The molecule has 0 saturated heterocycles. The molecule has 0 aliphatic heterocycles. The Labute approximate surface area is 113 Å². The highest BCUT2D eigenvalue weighted by Gasteiger charge is 2.13. The van der Waals surface area contributed by atoms with Crippen LogP contribution in [0.1, 0.15) is 20.4 Å². The van der Waals surface area contributed by atoms with E-state index in [0.29, 0.717) is 21.5 Å². The maximum absolute atomic E-state index is 10.9. The molecule has 0 radical (unpaired) electrons. The average molecular weight is 284 g/mol. The van der Waals surface area contributed by atoms with E-state index in [1.807, 2.05) is 0 Å². The van der Waals surface area contributed by atoms with Gasteiger partial charge in [0.2, 0.25) is 0 Å². The molecule has 0 bridgehead atoms. The summed E-state index contributed by atoms with van der Waals surface area (Å²) in [4.78, 5) is 15.3. The predicted octanol–water partition coefficient (Wildman–Crippen LogP) is 3.38. The maximum atomic E-state index is 10.9. The molecule has 1 aromatic carbocycles. The Morgan fingerprint density at radius 2 is 2.11 bits per heavy atom. The van der Waals surface area contributed by atoms with Gasteiger partial charge in [0, 0.05) is 5.02 Å². The third-order valence-electron chi connectivity index (χ3n) is 2.21. The first kappa shape index (κ1) is 12.9. The lowest BCUT2D eigenvalue weighted by molar-refractivity contribution is 0.0701. The van der Waals surface area contributed by atoms with Crippen molar-refractivity contribution in [2.75, 3.05) is 0 Å². The molecule has 0 aliphatic carbocycles. The van der Waals surface area contributed by atoms with Crippen LogP contribution in [0.3, 0.4) is 0 Å². The van der Waals surface area contributed by atoms with Gasteiger partial charge in [-0.2, -0.15) is 0 Å². The number of hydrogen-bond acceptors (Lipinski definition) is 4. The number of halogens is 1. The van der Waals surface area contributed by atoms with Gasteiger partial charge in [-0.15, -0.1) is 11.3 Å². The third kappa shape index (κ3) is 3.00. The quantitative estimate of drug-likeness (QED) is 0.934. The van der Waals surface area contributed by atoms with Crippen molar-refractivity contribution < 1.29 is 14.6 Å². The zero-order valence-electron chi connectivity index (χ0n) is 9.51. The van der Waals surface area contributed by atoms with Gasteiger partial charge >= 0.3 is 5.97 Å². The fourth-order valence-electron chi connectivity index (χ4n) is 1.39. The van der Waals surface area contributed by atoms with Gasteiger partial charge in [-0.05, 0) is 31.2 Å². The van der Waals surface area contributed by atoms with E-state index in [-0.39, 0.29) is 11.5 Å². The molecule has 4 nitrogen and oxygen atoms in total. The summed E-state index contributed by atoms with van der Waals surface area (Å²) in [6, 6.07) is 6.96. The topological polar surface area (TPSA) is 59.4 Å². The lowest BCUT2D eigenvalue weighted by atomic mass is 10.3. The lowest BCUT2D eigenvalue weighted by Crippen LogP contribution is -1.94. The van der Waals surface area contributed by atoms with Crippen LogP contribution in [0.15, 0.2) is 24.3 Å². The van der Waals surface area contributed by atoms with Gasteiger partial charge in [-0.1, -0.05) is 11.6 Å². The molecule has 2 aromatic rings. The molecule has 94 valence electrons. The summed E-state index contributed by atoms with van der Waals surface area (Å²) in [5.41, 5.74) is 0.516. The van der Waals surface area contributed by atoms with Crippen LogP contribution in [0.4, 0.5) is 0 Å². The number of hydrogen-bond donors (Lipinski definition) is 1. The van der Waals surface area contributed by atoms with Crippen LogP contribution >= 0.6 is 22.9 Å². The molecular weight excluding hydrogens is 274 g/mol. The van der Waals surface area contributed by atoms with Gasteiger partial charge in [0.1, 0.15) is 22.2 Å². The van der Waals surface area contributed by atoms with E-state index in [9.17, 15) is 4.79 Å². The van der Waals surface area contributed by atoms with Gasteiger partial charge < -0.3 is 9.84 Å². The molecule has 0 spiro atoms. The number of carbonyl (C=O) groups is 1. The molecule has 0 aliphatic rings. The number of nitrogens with zero attached hydrogens (tertiary/aromatic N) is 1. The van der Waals surface area contributed by atoms with Crippen molar-refractivity contribution in [1.29, 1.82) is 0 Å². The maximum Gasteiger partial charge on any atom is 0.347 e. The number of aromatic carboxylic acids is 1. The molecule has 0 atom stereocenters. The van der Waals surface area contributed by atoms with Crippen LogP contribution < -0.4 is 4.74 Å². The second kappa shape index (κ2) is 5.37. The number of carboxylic acids is 1. The van der Waals surface area contributed by atoms with Gasteiger partial charge in [-0.25, -0.2) is 9.78 Å². The lowest BCUT2D eigenvalue weighted by Gasteiger charge is -2.03. The monoisotopic (exact) mass is 283 g/mol. The molecule has 6 heteroatoms. The minimum atomic E-state index is -0.956. The van der Waals surface area contributed by atoms with Gasteiger partial charge in [0.25, 0.3) is 0 Å². The van der Waals surface area contributed by atoms with Gasteiger partial charge in [0.05, 0.1) is 5.69 Å². The Bertz CT molecular complexity index is 565. The Hall–Kier alpha value is -1.59. The zero-order valence-corrected chi connectivity index (χ0v) is 11.1. The van der Waals surface area contributed by atoms with E-state index in [1.165, 1.54) is 0 Å². The smallest absolute Gasteiger partial charge is 0.347 e. The fourth-order valence-corrected chi connectivity index (χ4v) is 2.33. The van der Waals surface area contributed by atoms with Crippen molar-refractivity contribution in [2.45, 2.75) is 13.5 Å². The summed E-state index contributed by atoms with van der Waals surface area (Å²) in [6.07, 6.45) is 0. The van der Waals surface area contributed by atoms with Crippen LogP contribution in [-0.2, 0) is 6.61 Å². The predicted molar refractivity (Wildman–Crippen MR) is 69.6 cm³/mol. The Kier molecular flexibility index (Phi) is 3.84. The molecule has 0 fully saturated rings. The minimum absolute atomic E-state index is 0.250. The van der Waals surface area contributed by atoms with E-state index in [2.05, 4.69) is 4.98 Å². The van der Waals surface area contributed by atoms with E-state index in [4.69, 9.17) is 21.4 Å². The Balaban J connectivity index is 2.04. The second-order valence-corrected chi connectivity index (χ2v) is 5.09. The average Bonchev–Trinajstić information content (AvgIpc) is 2.70. The van der Waals surface area contributed by atoms with Crippen molar-refractivity contribution in [3.8, 4) is 5.75 Å². The number of carboxylic acid groups (broad SMARTS) is 1. The number of aryl methyl sites for hydroxylation is 1. The minimum Gasteiger partial charge on any atom is -0.486 e. The second-order valence-electron chi connectivity index (χ2n) is 3.57. The normalized spacial score (nSPS) is 10.3. The molecule has 18 heavy (non-hydrogen) atoms. The summed E-state index contributed by atoms with van der Waals surface area (Å²) in [5, 5.41) is 10.2. The van der Waals surface area contributed by atoms with E-state index in [0.717, 1.165) is 11.3 Å². The van der Waals surface area contributed by atoms with E-state index in [1.54, 1.807) is 31.2 Å². The largest absolute Gasteiger partial charge is 0.486 e. The first-order chi connectivity index (χ1) is 8.56. The zero-order chi connectivity index (χ0) is 13.1. The highest BCUT2D eigenvalue weighted by atomic mass is 35.5. The fraction of sp³-hybridized carbons (Fsp3) is 0.167. The summed E-state index contributed by atoms with van der Waals surface area (Å²) in [5.74, 6) is -0.285. The van der Waals surface area contributed by atoms with Crippen molar-refractivity contribution in [1.82, 2.24) is 4.98 Å². The molecule has 1 N–H and O–H groups in total. The first-order valence-electron chi connectivity index (χ1n) is 5.14. The molecular formula is C12H10ClNO3S.